The highest BCUT2D eigenvalue weighted by atomic mass is 16.5. The minimum atomic E-state index is -0.522. The van der Waals surface area contributed by atoms with Crippen LogP contribution in [0.2, 0.25) is 0 Å². The number of likely N-dealkylation sites (N-methyl/N-ethyl adjacent to an activating group) is 1. The summed E-state index contributed by atoms with van der Waals surface area (Å²) < 4.78 is 5.98. The highest BCUT2D eigenvalue weighted by molar-refractivity contribution is 6.01. The molecule has 172 valence electrons. The molecule has 0 aliphatic carbocycles. The van der Waals surface area contributed by atoms with E-state index in [2.05, 4.69) is 10.3 Å². The second kappa shape index (κ2) is 9.39. The molecule has 2 aliphatic heterocycles. The van der Waals surface area contributed by atoms with Gasteiger partial charge < -0.3 is 15.0 Å². The lowest BCUT2D eigenvalue weighted by molar-refractivity contribution is -0.125. The van der Waals surface area contributed by atoms with Crippen molar-refractivity contribution in [1.82, 2.24) is 20.1 Å². The molecule has 7 heteroatoms. The molecule has 3 amide bonds. The molecule has 34 heavy (non-hydrogen) atoms. The van der Waals surface area contributed by atoms with Crippen molar-refractivity contribution in [2.75, 3.05) is 20.1 Å². The van der Waals surface area contributed by atoms with Gasteiger partial charge in [0.25, 0.3) is 5.91 Å². The molecule has 0 radical (unpaired) electrons. The van der Waals surface area contributed by atoms with Gasteiger partial charge in [0.15, 0.2) is 0 Å². The standard InChI is InChI=1S/C27H26N4O3/c1-30-23-17-31(15-13-21-11-5-6-14-28-21)26(32)24(23)25(29-27(30)33)20-10-7-12-22(16-20)34-18-19-8-3-2-4-9-19/h2-12,14,16,25H,13,15,17-18H2,1H3,(H,29,33)/t25-/m1/s1. The number of nitrogens with zero attached hydrogens (tertiary/aromatic N) is 3. The van der Waals surface area contributed by atoms with Crippen molar-refractivity contribution in [2.24, 2.45) is 0 Å². The van der Waals surface area contributed by atoms with Crippen LogP contribution in [0.5, 0.6) is 5.75 Å². The molecule has 0 saturated carbocycles. The third kappa shape index (κ3) is 4.37. The van der Waals surface area contributed by atoms with Crippen LogP contribution in [0.25, 0.3) is 0 Å². The van der Waals surface area contributed by atoms with E-state index in [1.807, 2.05) is 72.8 Å². The van der Waals surface area contributed by atoms with Crippen molar-refractivity contribution in [1.29, 1.82) is 0 Å². The Hall–Kier alpha value is -4.13. The summed E-state index contributed by atoms with van der Waals surface area (Å²) in [5, 5.41) is 2.99. The van der Waals surface area contributed by atoms with E-state index < -0.39 is 6.04 Å². The molecule has 2 aromatic carbocycles. The molecule has 7 nitrogen and oxygen atoms in total. The fourth-order valence-electron chi connectivity index (χ4n) is 4.37. The predicted molar refractivity (Wildman–Crippen MR) is 128 cm³/mol. The predicted octanol–water partition coefficient (Wildman–Crippen LogP) is 3.70. The Balaban J connectivity index is 1.35. The maximum Gasteiger partial charge on any atom is 0.322 e. The van der Waals surface area contributed by atoms with Gasteiger partial charge in [-0.05, 0) is 35.4 Å². The molecule has 5 rings (SSSR count). The van der Waals surface area contributed by atoms with E-state index >= 15 is 0 Å². The zero-order chi connectivity index (χ0) is 23.5. The molecule has 3 aromatic rings. The second-order valence-corrected chi connectivity index (χ2v) is 8.45. The third-order valence-electron chi connectivity index (χ3n) is 6.24. The molecule has 3 heterocycles. The first-order valence-corrected chi connectivity index (χ1v) is 11.3. The summed E-state index contributed by atoms with van der Waals surface area (Å²) in [6.45, 7) is 1.39. The third-order valence-corrected chi connectivity index (χ3v) is 6.24. The molecule has 2 aliphatic rings. The number of rotatable bonds is 7. The quantitative estimate of drug-likeness (QED) is 0.591. The molecule has 0 saturated heterocycles. The van der Waals surface area contributed by atoms with Crippen molar-refractivity contribution in [2.45, 2.75) is 19.1 Å². The summed E-state index contributed by atoms with van der Waals surface area (Å²) in [6, 6.07) is 22.5. The number of amides is 3. The lowest BCUT2D eigenvalue weighted by atomic mass is 9.95. The monoisotopic (exact) mass is 454 g/mol. The Kier molecular flexibility index (Phi) is 5.99. The second-order valence-electron chi connectivity index (χ2n) is 8.45. The summed E-state index contributed by atoms with van der Waals surface area (Å²) in [5.74, 6) is 0.632. The molecular weight excluding hydrogens is 428 g/mol. The van der Waals surface area contributed by atoms with Gasteiger partial charge in [-0.2, -0.15) is 0 Å². The zero-order valence-corrected chi connectivity index (χ0v) is 19.0. The molecule has 0 bridgehead atoms. The van der Waals surface area contributed by atoms with Crippen molar-refractivity contribution < 1.29 is 14.3 Å². The van der Waals surface area contributed by atoms with Crippen molar-refractivity contribution >= 4 is 11.9 Å². The largest absolute Gasteiger partial charge is 0.489 e. The van der Waals surface area contributed by atoms with Crippen molar-refractivity contribution in [3.63, 3.8) is 0 Å². The Bertz CT molecular complexity index is 1230. The van der Waals surface area contributed by atoms with Gasteiger partial charge >= 0.3 is 6.03 Å². The van der Waals surface area contributed by atoms with Gasteiger partial charge in [-0.1, -0.05) is 48.5 Å². The summed E-state index contributed by atoms with van der Waals surface area (Å²) in [4.78, 5) is 33.8. The van der Waals surface area contributed by atoms with Crippen LogP contribution in [0.3, 0.4) is 0 Å². The number of urea groups is 1. The van der Waals surface area contributed by atoms with E-state index in [1.54, 1.807) is 23.0 Å². The summed E-state index contributed by atoms with van der Waals surface area (Å²) in [6.07, 6.45) is 2.41. The maximum absolute atomic E-state index is 13.4. The first-order chi connectivity index (χ1) is 16.6. The van der Waals surface area contributed by atoms with E-state index in [0.29, 0.717) is 37.4 Å². The first-order valence-electron chi connectivity index (χ1n) is 11.3. The Morgan fingerprint density at radius 1 is 1.03 bits per heavy atom. The number of aromatic nitrogens is 1. The fraction of sp³-hybridized carbons (Fsp3) is 0.222. The minimum Gasteiger partial charge on any atom is -0.489 e. The van der Waals surface area contributed by atoms with E-state index in [4.69, 9.17) is 4.74 Å². The van der Waals surface area contributed by atoms with E-state index in [9.17, 15) is 9.59 Å². The number of hydrogen-bond acceptors (Lipinski definition) is 4. The maximum atomic E-state index is 13.4. The van der Waals surface area contributed by atoms with Gasteiger partial charge in [0.05, 0.1) is 23.9 Å². The lowest BCUT2D eigenvalue weighted by Crippen LogP contribution is -2.45. The summed E-state index contributed by atoms with van der Waals surface area (Å²) >= 11 is 0. The first kappa shape index (κ1) is 21.7. The molecule has 1 N–H and O–H groups in total. The Morgan fingerprint density at radius 2 is 1.85 bits per heavy atom. The molecule has 0 unspecified atom stereocenters. The van der Waals surface area contributed by atoms with Crippen LogP contribution < -0.4 is 10.1 Å². The molecule has 0 spiro atoms. The average molecular weight is 455 g/mol. The van der Waals surface area contributed by atoms with Gasteiger partial charge in [-0.3, -0.25) is 14.7 Å². The summed E-state index contributed by atoms with van der Waals surface area (Å²) in [7, 11) is 1.70. The number of pyridine rings is 1. The van der Waals surface area contributed by atoms with Gasteiger partial charge in [-0.15, -0.1) is 0 Å². The smallest absolute Gasteiger partial charge is 0.322 e. The van der Waals surface area contributed by atoms with Crippen LogP contribution in [0, 0.1) is 0 Å². The van der Waals surface area contributed by atoms with Crippen molar-refractivity contribution in [3.8, 4) is 5.75 Å². The average Bonchev–Trinajstić information content (AvgIpc) is 3.21. The Morgan fingerprint density at radius 3 is 2.65 bits per heavy atom. The number of ether oxygens (including phenoxy) is 1. The highest BCUT2D eigenvalue weighted by Crippen LogP contribution is 2.36. The molecule has 1 aromatic heterocycles. The number of hydrogen-bond donors (Lipinski definition) is 1. The molecular formula is C27H26N4O3. The van der Waals surface area contributed by atoms with Gasteiger partial charge in [0.1, 0.15) is 12.4 Å². The van der Waals surface area contributed by atoms with Crippen LogP contribution in [0.15, 0.2) is 90.3 Å². The van der Waals surface area contributed by atoms with Crippen molar-refractivity contribution in [3.05, 3.63) is 107 Å². The van der Waals surface area contributed by atoms with Crippen LogP contribution in [0.4, 0.5) is 4.79 Å². The Labute approximate surface area is 198 Å². The number of carbonyl (C=O) groups is 2. The van der Waals surface area contributed by atoms with Gasteiger partial charge in [0.2, 0.25) is 0 Å². The van der Waals surface area contributed by atoms with Crippen LogP contribution in [-0.4, -0.2) is 46.9 Å². The summed E-state index contributed by atoms with van der Waals surface area (Å²) in [5.41, 5.74) is 4.18. The van der Waals surface area contributed by atoms with Crippen LogP contribution in [-0.2, 0) is 17.8 Å². The van der Waals surface area contributed by atoms with E-state index in [0.717, 1.165) is 22.5 Å². The molecule has 1 atom stereocenters. The fourth-order valence-corrected chi connectivity index (χ4v) is 4.37. The topological polar surface area (TPSA) is 74.8 Å². The lowest BCUT2D eigenvalue weighted by Gasteiger charge is -2.31. The zero-order valence-electron chi connectivity index (χ0n) is 19.0. The number of nitrogens with one attached hydrogen (secondary N) is 1. The van der Waals surface area contributed by atoms with E-state index in [1.165, 1.54) is 0 Å². The SMILES string of the molecule is CN1C(=O)N[C@H](c2cccc(OCc3ccccc3)c2)C2=C1CN(CCc1ccccn1)C2=O. The van der Waals surface area contributed by atoms with Gasteiger partial charge in [0, 0.05) is 31.9 Å². The van der Waals surface area contributed by atoms with Crippen LogP contribution in [0.1, 0.15) is 22.9 Å². The number of carbonyl (C=O) groups excluding carboxylic acids is 2. The molecule has 0 fully saturated rings. The van der Waals surface area contributed by atoms with E-state index in [-0.39, 0.29) is 11.9 Å². The minimum absolute atomic E-state index is 0.0570. The van der Waals surface area contributed by atoms with Crippen LogP contribution >= 0.6 is 0 Å². The number of benzene rings is 2. The normalized spacial score (nSPS) is 17.6. The van der Waals surface area contributed by atoms with Gasteiger partial charge in [-0.25, -0.2) is 4.79 Å². The highest BCUT2D eigenvalue weighted by Gasteiger charge is 2.42.